The normalized spacial score (nSPS) is 18.5. The van der Waals surface area contributed by atoms with E-state index in [9.17, 15) is 9.90 Å². The molecule has 0 radical (unpaired) electrons. The van der Waals surface area contributed by atoms with Gasteiger partial charge in [0.2, 0.25) is 0 Å². The van der Waals surface area contributed by atoms with Crippen LogP contribution in [-0.4, -0.2) is 18.2 Å². The zero-order chi connectivity index (χ0) is 10.9. The van der Waals surface area contributed by atoms with Crippen LogP contribution in [0.5, 0.6) is 0 Å². The predicted molar refractivity (Wildman–Crippen MR) is 52.6 cm³/mol. The molecule has 1 aliphatic rings. The number of hydrogen-bond donors (Lipinski definition) is 1. The van der Waals surface area contributed by atoms with Gasteiger partial charge in [0.05, 0.1) is 12.9 Å². The van der Waals surface area contributed by atoms with Crippen molar-refractivity contribution in [3.05, 3.63) is 23.7 Å². The molecule has 0 unspecified atom stereocenters. The van der Waals surface area contributed by atoms with Gasteiger partial charge in [-0.3, -0.25) is 4.79 Å². The van der Waals surface area contributed by atoms with E-state index in [4.69, 9.17) is 9.15 Å². The molecule has 4 nitrogen and oxygen atoms in total. The summed E-state index contributed by atoms with van der Waals surface area (Å²) >= 11 is 0. The van der Waals surface area contributed by atoms with E-state index in [0.29, 0.717) is 25.2 Å². The number of aliphatic carboxylic acids is 1. The Labute approximate surface area is 87.8 Å². The highest BCUT2D eigenvalue weighted by Gasteiger charge is 2.49. The van der Waals surface area contributed by atoms with E-state index in [1.54, 1.807) is 13.2 Å². The minimum Gasteiger partial charge on any atom is -0.480 e. The largest absolute Gasteiger partial charge is 0.480 e. The lowest BCUT2D eigenvalue weighted by molar-refractivity contribution is -0.148. The van der Waals surface area contributed by atoms with Crippen LogP contribution < -0.4 is 0 Å². The molecular formula is C11H14O4. The number of carbonyl (C=O) groups is 1. The lowest BCUT2D eigenvalue weighted by atomic mass is 9.66. The van der Waals surface area contributed by atoms with Crippen LogP contribution in [0.25, 0.3) is 0 Å². The summed E-state index contributed by atoms with van der Waals surface area (Å²) < 4.78 is 10.3. The quantitative estimate of drug-likeness (QED) is 0.824. The Morgan fingerprint density at radius 2 is 2.40 bits per heavy atom. The molecule has 0 aliphatic heterocycles. The molecule has 4 heteroatoms. The van der Waals surface area contributed by atoms with Crippen LogP contribution in [0.2, 0.25) is 0 Å². The van der Waals surface area contributed by atoms with Crippen LogP contribution in [0.4, 0.5) is 0 Å². The number of methoxy groups -OCH3 is 1. The molecule has 82 valence electrons. The monoisotopic (exact) mass is 210 g/mol. The summed E-state index contributed by atoms with van der Waals surface area (Å²) in [6.45, 7) is 0.404. The summed E-state index contributed by atoms with van der Waals surface area (Å²) in [6, 6.07) is 1.78. The molecule has 1 N–H and O–H groups in total. The summed E-state index contributed by atoms with van der Waals surface area (Å²) in [5, 5.41) is 9.25. The Bertz CT molecular complexity index is 362. The van der Waals surface area contributed by atoms with Gasteiger partial charge in [-0.2, -0.15) is 0 Å². The van der Waals surface area contributed by atoms with Gasteiger partial charge in [-0.25, -0.2) is 0 Å². The Morgan fingerprint density at radius 3 is 2.87 bits per heavy atom. The topological polar surface area (TPSA) is 59.7 Å². The Balaban J connectivity index is 2.34. The van der Waals surface area contributed by atoms with Crippen molar-refractivity contribution in [1.82, 2.24) is 0 Å². The van der Waals surface area contributed by atoms with Crippen molar-refractivity contribution in [1.29, 1.82) is 0 Å². The van der Waals surface area contributed by atoms with Gasteiger partial charge in [0.15, 0.2) is 0 Å². The fourth-order valence-corrected chi connectivity index (χ4v) is 2.09. The molecule has 1 aliphatic carbocycles. The van der Waals surface area contributed by atoms with Crippen LogP contribution >= 0.6 is 0 Å². The van der Waals surface area contributed by atoms with Gasteiger partial charge in [0, 0.05) is 12.7 Å². The smallest absolute Gasteiger partial charge is 0.317 e. The van der Waals surface area contributed by atoms with Crippen LogP contribution in [0.3, 0.4) is 0 Å². The summed E-state index contributed by atoms with van der Waals surface area (Å²) in [6.07, 6.45) is 3.80. The van der Waals surface area contributed by atoms with Crippen molar-refractivity contribution >= 4 is 5.97 Å². The second-order valence-electron chi connectivity index (χ2n) is 3.95. The number of rotatable bonds is 4. The van der Waals surface area contributed by atoms with Crippen molar-refractivity contribution < 1.29 is 19.1 Å². The number of ether oxygens (including phenoxy) is 1. The van der Waals surface area contributed by atoms with Gasteiger partial charge in [-0.1, -0.05) is 6.42 Å². The highest BCUT2D eigenvalue weighted by Crippen LogP contribution is 2.45. The average molecular weight is 210 g/mol. The molecule has 0 spiro atoms. The van der Waals surface area contributed by atoms with Crippen molar-refractivity contribution in [3.63, 3.8) is 0 Å². The first kappa shape index (κ1) is 10.2. The number of furan rings is 1. The third-order valence-corrected chi connectivity index (χ3v) is 3.10. The zero-order valence-corrected chi connectivity index (χ0v) is 8.66. The molecule has 1 aromatic rings. The van der Waals surface area contributed by atoms with Crippen molar-refractivity contribution in [2.24, 2.45) is 0 Å². The van der Waals surface area contributed by atoms with E-state index < -0.39 is 11.4 Å². The maximum atomic E-state index is 11.3. The predicted octanol–water partition coefficient (Wildman–Crippen LogP) is 1.93. The van der Waals surface area contributed by atoms with E-state index in [1.807, 2.05) is 0 Å². The minimum atomic E-state index is -0.794. The van der Waals surface area contributed by atoms with Gasteiger partial charge in [0.25, 0.3) is 0 Å². The Hall–Kier alpha value is -1.29. The Morgan fingerprint density at radius 1 is 1.67 bits per heavy atom. The van der Waals surface area contributed by atoms with Crippen LogP contribution in [0.1, 0.15) is 30.6 Å². The highest BCUT2D eigenvalue weighted by molar-refractivity contribution is 5.82. The molecule has 0 bridgehead atoms. The third-order valence-electron chi connectivity index (χ3n) is 3.10. The van der Waals surface area contributed by atoms with Crippen molar-refractivity contribution in [3.8, 4) is 0 Å². The lowest BCUT2D eigenvalue weighted by Crippen LogP contribution is -2.42. The fraction of sp³-hybridized carbons (Fsp3) is 0.545. The summed E-state index contributed by atoms with van der Waals surface area (Å²) in [4.78, 5) is 11.3. The van der Waals surface area contributed by atoms with E-state index in [0.717, 1.165) is 12.0 Å². The van der Waals surface area contributed by atoms with Gasteiger partial charge in [0.1, 0.15) is 11.2 Å². The standard InChI is InChI=1S/C11H14O4/c1-14-7-8-3-6-15-9(8)11(10(12)13)4-2-5-11/h3,6H,2,4-5,7H2,1H3,(H,12,13). The van der Waals surface area contributed by atoms with E-state index in [1.165, 1.54) is 6.26 Å². The molecule has 0 aromatic carbocycles. The molecular weight excluding hydrogens is 196 g/mol. The first-order valence-electron chi connectivity index (χ1n) is 5.00. The molecule has 1 fully saturated rings. The van der Waals surface area contributed by atoms with E-state index in [-0.39, 0.29) is 0 Å². The van der Waals surface area contributed by atoms with Gasteiger partial charge in [-0.05, 0) is 18.9 Å². The summed E-state index contributed by atoms with van der Waals surface area (Å²) in [5.74, 6) is -0.218. The first-order valence-corrected chi connectivity index (χ1v) is 5.00. The van der Waals surface area contributed by atoms with E-state index in [2.05, 4.69) is 0 Å². The Kier molecular flexibility index (Phi) is 2.52. The fourth-order valence-electron chi connectivity index (χ4n) is 2.09. The SMILES string of the molecule is COCc1ccoc1C1(C(=O)O)CCC1. The van der Waals surface area contributed by atoms with Crippen molar-refractivity contribution in [2.75, 3.05) is 7.11 Å². The molecule has 1 heterocycles. The van der Waals surface area contributed by atoms with E-state index >= 15 is 0 Å². The van der Waals surface area contributed by atoms with Crippen LogP contribution in [0.15, 0.2) is 16.7 Å². The molecule has 15 heavy (non-hydrogen) atoms. The zero-order valence-electron chi connectivity index (χ0n) is 8.66. The molecule has 0 saturated heterocycles. The highest BCUT2D eigenvalue weighted by atomic mass is 16.5. The molecule has 0 amide bonds. The van der Waals surface area contributed by atoms with Crippen molar-refractivity contribution in [2.45, 2.75) is 31.3 Å². The van der Waals surface area contributed by atoms with Gasteiger partial charge < -0.3 is 14.3 Å². The number of carboxylic acids is 1. The van der Waals surface area contributed by atoms with Crippen LogP contribution in [0, 0.1) is 0 Å². The second-order valence-corrected chi connectivity index (χ2v) is 3.95. The van der Waals surface area contributed by atoms with Gasteiger partial charge >= 0.3 is 5.97 Å². The average Bonchev–Trinajstić information content (AvgIpc) is 2.52. The summed E-state index contributed by atoms with van der Waals surface area (Å²) in [7, 11) is 1.59. The number of hydrogen-bond acceptors (Lipinski definition) is 3. The van der Waals surface area contributed by atoms with Crippen LogP contribution in [-0.2, 0) is 21.6 Å². The van der Waals surface area contributed by atoms with Gasteiger partial charge in [-0.15, -0.1) is 0 Å². The first-order chi connectivity index (χ1) is 7.20. The molecule has 2 rings (SSSR count). The lowest BCUT2D eigenvalue weighted by Gasteiger charge is -2.36. The maximum absolute atomic E-state index is 11.3. The summed E-state index contributed by atoms with van der Waals surface area (Å²) in [5.41, 5.74) is 0.0526. The minimum absolute atomic E-state index is 0.404. The maximum Gasteiger partial charge on any atom is 0.317 e. The number of carboxylic acid groups (broad SMARTS) is 1. The third kappa shape index (κ3) is 1.45. The molecule has 0 atom stereocenters. The second kappa shape index (κ2) is 3.70. The molecule has 1 aromatic heterocycles. The molecule has 1 saturated carbocycles.